The molecule has 0 bridgehead atoms. The van der Waals surface area contributed by atoms with Gasteiger partial charge >= 0.3 is 0 Å². The summed E-state index contributed by atoms with van der Waals surface area (Å²) in [5, 5.41) is 11.7. The largest absolute Gasteiger partial charge is 0.411 e. The Morgan fingerprint density at radius 3 is 2.53 bits per heavy atom. The first-order valence-electron chi connectivity index (χ1n) is 5.54. The Bertz CT molecular complexity index is 525. The quantitative estimate of drug-likeness (QED) is 0.298. The number of ether oxygens (including phenoxy) is 1. The number of oxime groups is 1. The lowest BCUT2D eigenvalue weighted by Gasteiger charge is -2.09. The lowest BCUT2D eigenvalue weighted by Crippen LogP contribution is -2.32. The van der Waals surface area contributed by atoms with Crippen molar-refractivity contribution < 1.29 is 18.4 Å². The Labute approximate surface area is 112 Å². The summed E-state index contributed by atoms with van der Waals surface area (Å²) >= 11 is 0. The fourth-order valence-electron chi connectivity index (χ4n) is 1.31. The van der Waals surface area contributed by atoms with Crippen molar-refractivity contribution in [2.24, 2.45) is 5.16 Å². The maximum atomic E-state index is 11.6. The fourth-order valence-corrected chi connectivity index (χ4v) is 2.18. The molecule has 0 heterocycles. The second-order valence-electron chi connectivity index (χ2n) is 3.76. The van der Waals surface area contributed by atoms with Crippen molar-refractivity contribution in [1.29, 1.82) is 0 Å². The summed E-state index contributed by atoms with van der Waals surface area (Å²) in [4.78, 5) is 0. The van der Waals surface area contributed by atoms with Gasteiger partial charge in [0.25, 0.3) is 10.2 Å². The Morgan fingerprint density at radius 2 is 2.00 bits per heavy atom. The highest BCUT2D eigenvalue weighted by atomic mass is 32.2. The van der Waals surface area contributed by atoms with E-state index in [0.29, 0.717) is 23.6 Å². The van der Waals surface area contributed by atoms with Gasteiger partial charge in [-0.2, -0.15) is 13.1 Å². The van der Waals surface area contributed by atoms with E-state index in [9.17, 15) is 8.42 Å². The Hall–Kier alpha value is -1.64. The van der Waals surface area contributed by atoms with Crippen LogP contribution >= 0.6 is 0 Å². The molecule has 106 valence electrons. The Kier molecular flexibility index (Phi) is 5.74. The number of nitrogens with zero attached hydrogens (tertiary/aromatic N) is 1. The van der Waals surface area contributed by atoms with E-state index in [1.165, 1.54) is 7.11 Å². The number of rotatable bonds is 7. The molecule has 0 unspecified atom stereocenters. The molecule has 1 aromatic rings. The number of methoxy groups -OCH3 is 1. The molecule has 1 rings (SSSR count). The summed E-state index contributed by atoms with van der Waals surface area (Å²) in [6, 6.07) is 6.48. The lowest BCUT2D eigenvalue weighted by atomic mass is 10.1. The highest BCUT2D eigenvalue weighted by Crippen LogP contribution is 2.11. The topological polar surface area (TPSA) is 100 Å². The van der Waals surface area contributed by atoms with Crippen LogP contribution in [-0.4, -0.2) is 39.6 Å². The zero-order valence-electron chi connectivity index (χ0n) is 10.8. The average molecular weight is 287 g/mol. The summed E-state index contributed by atoms with van der Waals surface area (Å²) in [5.74, 6) is 0. The van der Waals surface area contributed by atoms with Crippen molar-refractivity contribution in [2.75, 3.05) is 25.0 Å². The smallest absolute Gasteiger partial charge is 0.299 e. The predicted octanol–water partition coefficient (Wildman–Crippen LogP) is 0.777. The number of benzene rings is 1. The van der Waals surface area contributed by atoms with Gasteiger partial charge in [0.15, 0.2) is 0 Å². The molecule has 0 aliphatic rings. The standard InChI is InChI=1S/C11H17N3O4S/c1-9(13-15)10-3-5-11(6-4-10)14-19(16,17)12-7-8-18-2/h3-6,12,14-15H,7-8H2,1-2H3/b13-9+. The van der Waals surface area contributed by atoms with E-state index in [2.05, 4.69) is 14.6 Å². The van der Waals surface area contributed by atoms with Gasteiger partial charge in [0.05, 0.1) is 12.3 Å². The van der Waals surface area contributed by atoms with Gasteiger partial charge in [0, 0.05) is 19.3 Å². The molecule has 1 aromatic carbocycles. The van der Waals surface area contributed by atoms with Crippen LogP contribution < -0.4 is 9.44 Å². The van der Waals surface area contributed by atoms with Crippen LogP contribution in [0.1, 0.15) is 12.5 Å². The summed E-state index contributed by atoms with van der Waals surface area (Å²) in [7, 11) is -2.11. The molecular formula is C11H17N3O4S. The highest BCUT2D eigenvalue weighted by Gasteiger charge is 2.08. The summed E-state index contributed by atoms with van der Waals surface area (Å²) in [6.07, 6.45) is 0. The maximum absolute atomic E-state index is 11.6. The van der Waals surface area contributed by atoms with Crippen molar-refractivity contribution in [3.8, 4) is 0 Å². The minimum atomic E-state index is -3.61. The number of hydrogen-bond acceptors (Lipinski definition) is 5. The van der Waals surface area contributed by atoms with E-state index < -0.39 is 10.2 Å². The molecule has 0 saturated carbocycles. The molecule has 0 saturated heterocycles. The van der Waals surface area contributed by atoms with Crippen LogP contribution in [0.2, 0.25) is 0 Å². The first-order chi connectivity index (χ1) is 8.98. The third-order valence-electron chi connectivity index (χ3n) is 2.30. The van der Waals surface area contributed by atoms with E-state index in [4.69, 9.17) is 9.94 Å². The van der Waals surface area contributed by atoms with Gasteiger partial charge < -0.3 is 9.94 Å². The van der Waals surface area contributed by atoms with Crippen molar-refractivity contribution in [1.82, 2.24) is 4.72 Å². The van der Waals surface area contributed by atoms with Crippen LogP contribution in [0.3, 0.4) is 0 Å². The molecule has 0 aromatic heterocycles. The second kappa shape index (κ2) is 7.07. The van der Waals surface area contributed by atoms with E-state index in [-0.39, 0.29) is 6.54 Å². The molecule has 0 spiro atoms. The third kappa shape index (κ3) is 5.25. The number of anilines is 1. The van der Waals surface area contributed by atoms with Gasteiger partial charge in [-0.05, 0) is 24.6 Å². The molecule has 0 aliphatic carbocycles. The van der Waals surface area contributed by atoms with Gasteiger partial charge in [-0.15, -0.1) is 0 Å². The second-order valence-corrected chi connectivity index (χ2v) is 5.26. The van der Waals surface area contributed by atoms with E-state index in [1.807, 2.05) is 0 Å². The van der Waals surface area contributed by atoms with Crippen LogP contribution in [0.15, 0.2) is 29.4 Å². The molecule has 8 heteroatoms. The van der Waals surface area contributed by atoms with E-state index >= 15 is 0 Å². The SMILES string of the molecule is COCCNS(=O)(=O)Nc1ccc(/C(C)=N/O)cc1. The molecule has 0 atom stereocenters. The van der Waals surface area contributed by atoms with Gasteiger partial charge in [-0.3, -0.25) is 4.72 Å². The van der Waals surface area contributed by atoms with Crippen LogP contribution in [0.4, 0.5) is 5.69 Å². The fraction of sp³-hybridized carbons (Fsp3) is 0.364. The molecule has 0 aliphatic heterocycles. The average Bonchev–Trinajstić information content (AvgIpc) is 2.38. The van der Waals surface area contributed by atoms with Gasteiger partial charge in [0.2, 0.25) is 0 Å². The Morgan fingerprint density at radius 1 is 1.37 bits per heavy atom. The minimum absolute atomic E-state index is 0.195. The zero-order valence-corrected chi connectivity index (χ0v) is 11.6. The van der Waals surface area contributed by atoms with Crippen LogP contribution in [-0.2, 0) is 14.9 Å². The first-order valence-corrected chi connectivity index (χ1v) is 7.02. The molecule has 0 radical (unpaired) electrons. The van der Waals surface area contributed by atoms with Crippen molar-refractivity contribution >= 4 is 21.6 Å². The normalized spacial score (nSPS) is 12.4. The van der Waals surface area contributed by atoms with Gasteiger partial charge in [-0.25, -0.2) is 0 Å². The lowest BCUT2D eigenvalue weighted by molar-refractivity contribution is 0.204. The summed E-state index contributed by atoms with van der Waals surface area (Å²) in [5.41, 5.74) is 1.57. The van der Waals surface area contributed by atoms with Crippen LogP contribution in [0.5, 0.6) is 0 Å². The van der Waals surface area contributed by atoms with Crippen molar-refractivity contribution in [3.63, 3.8) is 0 Å². The van der Waals surface area contributed by atoms with Crippen molar-refractivity contribution in [3.05, 3.63) is 29.8 Å². The number of nitrogens with one attached hydrogen (secondary N) is 2. The van der Waals surface area contributed by atoms with E-state index in [0.717, 1.165) is 0 Å². The van der Waals surface area contributed by atoms with Crippen LogP contribution in [0.25, 0.3) is 0 Å². The zero-order chi connectivity index (χ0) is 14.3. The third-order valence-corrected chi connectivity index (χ3v) is 3.39. The molecule has 3 N–H and O–H groups in total. The molecule has 0 fully saturated rings. The highest BCUT2D eigenvalue weighted by molar-refractivity contribution is 7.90. The van der Waals surface area contributed by atoms with Crippen LogP contribution in [0, 0.1) is 0 Å². The Balaban J connectivity index is 2.67. The van der Waals surface area contributed by atoms with Gasteiger partial charge in [0.1, 0.15) is 0 Å². The summed E-state index contributed by atoms with van der Waals surface area (Å²) in [6.45, 7) is 2.14. The predicted molar refractivity (Wildman–Crippen MR) is 72.9 cm³/mol. The van der Waals surface area contributed by atoms with Crippen molar-refractivity contribution in [2.45, 2.75) is 6.92 Å². The molecular weight excluding hydrogens is 270 g/mol. The number of hydrogen-bond donors (Lipinski definition) is 3. The molecule has 19 heavy (non-hydrogen) atoms. The summed E-state index contributed by atoms with van der Waals surface area (Å²) < 4.78 is 32.7. The monoisotopic (exact) mass is 287 g/mol. The van der Waals surface area contributed by atoms with E-state index in [1.54, 1.807) is 31.2 Å². The first kappa shape index (κ1) is 15.4. The van der Waals surface area contributed by atoms with Gasteiger partial charge in [-0.1, -0.05) is 17.3 Å². The minimum Gasteiger partial charge on any atom is -0.411 e. The molecule has 7 nitrogen and oxygen atoms in total. The maximum Gasteiger partial charge on any atom is 0.299 e. The molecule has 0 amide bonds.